The van der Waals surface area contributed by atoms with Crippen LogP contribution in [0.5, 0.6) is 0 Å². The number of rotatable bonds is 10. The SMILES string of the molecule is C/C=C/C=C(\C=C\CC)c1cc(=O)n(CCNC2CCOCC2)c(CCC)n1. The minimum atomic E-state index is 0.0264. The van der Waals surface area contributed by atoms with Crippen molar-refractivity contribution in [1.29, 1.82) is 0 Å². The lowest BCUT2D eigenvalue weighted by molar-refractivity contribution is 0.0778. The average molecular weight is 386 g/mol. The average Bonchev–Trinajstić information content (AvgIpc) is 2.71. The van der Waals surface area contributed by atoms with Gasteiger partial charge in [0.05, 0.1) is 5.69 Å². The molecule has 5 nitrogen and oxygen atoms in total. The molecule has 1 saturated heterocycles. The molecule has 1 aliphatic rings. The third-order valence-corrected chi connectivity index (χ3v) is 4.85. The monoisotopic (exact) mass is 385 g/mol. The lowest BCUT2D eigenvalue weighted by Gasteiger charge is -2.23. The summed E-state index contributed by atoms with van der Waals surface area (Å²) >= 11 is 0. The third-order valence-electron chi connectivity index (χ3n) is 4.85. The van der Waals surface area contributed by atoms with E-state index < -0.39 is 0 Å². The number of aryl methyl sites for hydroxylation is 1. The Bertz CT molecular complexity index is 741. The highest BCUT2D eigenvalue weighted by Gasteiger charge is 2.14. The highest BCUT2D eigenvalue weighted by molar-refractivity contribution is 5.72. The van der Waals surface area contributed by atoms with Gasteiger partial charge in [-0.05, 0) is 32.6 Å². The number of aromatic nitrogens is 2. The lowest BCUT2D eigenvalue weighted by Crippen LogP contribution is -2.38. The van der Waals surface area contributed by atoms with Gasteiger partial charge in [-0.1, -0.05) is 44.2 Å². The third kappa shape index (κ3) is 6.88. The van der Waals surface area contributed by atoms with E-state index in [9.17, 15) is 4.79 Å². The molecule has 0 amide bonds. The first kappa shape index (κ1) is 22.3. The summed E-state index contributed by atoms with van der Waals surface area (Å²) in [6, 6.07) is 2.16. The van der Waals surface area contributed by atoms with Gasteiger partial charge in [0, 0.05) is 50.4 Å². The summed E-state index contributed by atoms with van der Waals surface area (Å²) in [6.07, 6.45) is 14.9. The zero-order valence-electron chi connectivity index (χ0n) is 17.6. The Morgan fingerprint density at radius 1 is 1.36 bits per heavy atom. The second-order valence-corrected chi connectivity index (χ2v) is 7.10. The second-order valence-electron chi connectivity index (χ2n) is 7.10. The van der Waals surface area contributed by atoms with Gasteiger partial charge in [0.25, 0.3) is 5.56 Å². The van der Waals surface area contributed by atoms with Crippen molar-refractivity contribution < 1.29 is 4.74 Å². The lowest BCUT2D eigenvalue weighted by atomic mass is 10.1. The number of ether oxygens (including phenoxy) is 1. The maximum atomic E-state index is 12.9. The van der Waals surface area contributed by atoms with Crippen molar-refractivity contribution in [2.75, 3.05) is 19.8 Å². The minimum Gasteiger partial charge on any atom is -0.381 e. The van der Waals surface area contributed by atoms with Crippen molar-refractivity contribution in [1.82, 2.24) is 14.9 Å². The van der Waals surface area contributed by atoms with Gasteiger partial charge in [-0.2, -0.15) is 0 Å². The van der Waals surface area contributed by atoms with Crippen LogP contribution in [-0.2, 0) is 17.7 Å². The number of nitrogens with one attached hydrogen (secondary N) is 1. The molecule has 1 aromatic rings. The van der Waals surface area contributed by atoms with Gasteiger partial charge in [-0.25, -0.2) is 4.98 Å². The number of nitrogens with zero attached hydrogens (tertiary/aromatic N) is 2. The second kappa shape index (κ2) is 12.5. The fraction of sp³-hybridized carbons (Fsp3) is 0.565. The molecule has 0 saturated carbocycles. The molecule has 28 heavy (non-hydrogen) atoms. The van der Waals surface area contributed by atoms with Crippen LogP contribution in [0.1, 0.15) is 58.0 Å². The first-order valence-corrected chi connectivity index (χ1v) is 10.6. The molecule has 1 N–H and O–H groups in total. The van der Waals surface area contributed by atoms with Gasteiger partial charge in [-0.15, -0.1) is 0 Å². The van der Waals surface area contributed by atoms with Crippen LogP contribution < -0.4 is 10.9 Å². The van der Waals surface area contributed by atoms with Crippen LogP contribution in [0.15, 0.2) is 41.2 Å². The molecule has 0 radical (unpaired) electrons. The molecule has 5 heteroatoms. The quantitative estimate of drug-likeness (QED) is 0.621. The smallest absolute Gasteiger partial charge is 0.254 e. The zero-order valence-corrected chi connectivity index (χ0v) is 17.6. The van der Waals surface area contributed by atoms with Crippen LogP contribution in [0.25, 0.3) is 5.57 Å². The van der Waals surface area contributed by atoms with Gasteiger partial charge in [0.15, 0.2) is 0 Å². The molecule has 0 aliphatic carbocycles. The first-order valence-electron chi connectivity index (χ1n) is 10.6. The van der Waals surface area contributed by atoms with Gasteiger partial charge in [-0.3, -0.25) is 9.36 Å². The van der Waals surface area contributed by atoms with Crippen LogP contribution in [0, 0.1) is 0 Å². The standard InChI is InChI=1S/C23H35N3O2/c1-4-7-10-19(11-8-5-2)21-18-23(27)26(22(25-21)9-6-3)15-14-24-20-12-16-28-17-13-20/h4,7-8,10-11,18,20,24H,5-6,9,12-17H2,1-3H3/b7-4+,11-8+,19-10+. The van der Waals surface area contributed by atoms with Crippen molar-refractivity contribution in [3.8, 4) is 0 Å². The van der Waals surface area contributed by atoms with Crippen molar-refractivity contribution in [2.45, 2.75) is 65.5 Å². The molecule has 2 rings (SSSR count). The van der Waals surface area contributed by atoms with E-state index in [1.165, 1.54) is 0 Å². The number of allylic oxidation sites excluding steroid dienone is 6. The van der Waals surface area contributed by atoms with Crippen LogP contribution in [-0.4, -0.2) is 35.4 Å². The van der Waals surface area contributed by atoms with E-state index in [2.05, 4.69) is 31.3 Å². The molecule has 1 fully saturated rings. The molecule has 1 aromatic heterocycles. The van der Waals surface area contributed by atoms with Gasteiger partial charge in [0.2, 0.25) is 0 Å². The number of hydrogen-bond acceptors (Lipinski definition) is 4. The Kier molecular flexibility index (Phi) is 9.94. The normalized spacial score (nSPS) is 16.5. The fourth-order valence-electron chi connectivity index (χ4n) is 3.31. The van der Waals surface area contributed by atoms with E-state index in [0.29, 0.717) is 12.6 Å². The van der Waals surface area contributed by atoms with Crippen LogP contribution in [0.4, 0.5) is 0 Å². The van der Waals surface area contributed by atoms with Crippen LogP contribution in [0.2, 0.25) is 0 Å². The van der Waals surface area contributed by atoms with Gasteiger partial charge in [0.1, 0.15) is 5.82 Å². The zero-order chi connectivity index (χ0) is 20.2. The van der Waals surface area contributed by atoms with Crippen LogP contribution in [0.3, 0.4) is 0 Å². The molecule has 0 unspecified atom stereocenters. The minimum absolute atomic E-state index is 0.0264. The fourth-order valence-corrected chi connectivity index (χ4v) is 3.31. The molecule has 0 spiro atoms. The van der Waals surface area contributed by atoms with E-state index in [-0.39, 0.29) is 5.56 Å². The topological polar surface area (TPSA) is 56.2 Å². The summed E-state index contributed by atoms with van der Waals surface area (Å²) in [6.45, 7) is 9.27. The summed E-state index contributed by atoms with van der Waals surface area (Å²) in [5.74, 6) is 0.870. The highest BCUT2D eigenvalue weighted by atomic mass is 16.5. The van der Waals surface area contributed by atoms with E-state index >= 15 is 0 Å². The van der Waals surface area contributed by atoms with Gasteiger partial charge < -0.3 is 10.1 Å². The van der Waals surface area contributed by atoms with E-state index in [4.69, 9.17) is 9.72 Å². The molecule has 0 aromatic carbocycles. The molecule has 0 atom stereocenters. The summed E-state index contributed by atoms with van der Waals surface area (Å²) in [7, 11) is 0. The van der Waals surface area contributed by atoms with Crippen molar-refractivity contribution in [2.24, 2.45) is 0 Å². The Hall–Kier alpha value is -1.98. The molecule has 154 valence electrons. The molecule has 2 heterocycles. The predicted octanol–water partition coefficient (Wildman–Crippen LogP) is 3.89. The Morgan fingerprint density at radius 2 is 2.14 bits per heavy atom. The largest absolute Gasteiger partial charge is 0.381 e. The van der Waals surface area contributed by atoms with E-state index in [1.54, 1.807) is 6.07 Å². The molecular weight excluding hydrogens is 350 g/mol. The first-order chi connectivity index (χ1) is 13.7. The summed E-state index contributed by atoms with van der Waals surface area (Å²) < 4.78 is 7.23. The summed E-state index contributed by atoms with van der Waals surface area (Å²) in [5.41, 5.74) is 1.75. The summed E-state index contributed by atoms with van der Waals surface area (Å²) in [5, 5.41) is 3.56. The molecular formula is C23H35N3O2. The van der Waals surface area contributed by atoms with Gasteiger partial charge >= 0.3 is 0 Å². The molecule has 0 bridgehead atoms. The van der Waals surface area contributed by atoms with Crippen molar-refractivity contribution in [3.05, 3.63) is 58.3 Å². The van der Waals surface area contributed by atoms with E-state index in [0.717, 1.165) is 69.0 Å². The van der Waals surface area contributed by atoms with Crippen molar-refractivity contribution >= 4 is 5.57 Å². The highest BCUT2D eigenvalue weighted by Crippen LogP contribution is 2.14. The Morgan fingerprint density at radius 3 is 2.82 bits per heavy atom. The summed E-state index contributed by atoms with van der Waals surface area (Å²) in [4.78, 5) is 17.7. The molecule has 1 aliphatic heterocycles. The van der Waals surface area contributed by atoms with Crippen LogP contribution >= 0.6 is 0 Å². The predicted molar refractivity (Wildman–Crippen MR) is 117 cm³/mol. The maximum Gasteiger partial charge on any atom is 0.254 e. The van der Waals surface area contributed by atoms with Crippen molar-refractivity contribution in [3.63, 3.8) is 0 Å². The Labute approximate surface area is 169 Å². The van der Waals surface area contributed by atoms with E-state index in [1.807, 2.05) is 29.7 Å². The number of hydrogen-bond donors (Lipinski definition) is 1. The Balaban J connectivity index is 2.21. The maximum absolute atomic E-state index is 12.9.